The molecule has 0 N–H and O–H groups in total. The molecular formula is C19H23N5O2S2. The van der Waals surface area contributed by atoms with Crippen molar-refractivity contribution in [3.63, 3.8) is 0 Å². The highest BCUT2D eigenvalue weighted by Crippen LogP contribution is 2.32. The molecule has 9 heteroatoms. The fourth-order valence-electron chi connectivity index (χ4n) is 3.18. The van der Waals surface area contributed by atoms with Gasteiger partial charge in [0.2, 0.25) is 0 Å². The van der Waals surface area contributed by atoms with Crippen LogP contribution >= 0.6 is 23.1 Å². The number of imidazole rings is 1. The van der Waals surface area contributed by atoms with Gasteiger partial charge in [0.05, 0.1) is 23.4 Å². The van der Waals surface area contributed by atoms with Crippen LogP contribution in [0.15, 0.2) is 35.5 Å². The number of thioether (sulfide) groups is 1. The lowest BCUT2D eigenvalue weighted by molar-refractivity contribution is 0.0391. The van der Waals surface area contributed by atoms with E-state index in [1.54, 1.807) is 45.0 Å². The van der Waals surface area contributed by atoms with Crippen LogP contribution in [-0.4, -0.2) is 71.0 Å². The maximum Gasteiger partial charge on any atom is 0.296 e. The Morgan fingerprint density at radius 1 is 1.36 bits per heavy atom. The zero-order valence-corrected chi connectivity index (χ0v) is 17.6. The summed E-state index contributed by atoms with van der Waals surface area (Å²) in [5, 5.41) is 0.717. The van der Waals surface area contributed by atoms with Crippen LogP contribution in [0.2, 0.25) is 0 Å². The second-order valence-corrected chi connectivity index (χ2v) is 8.49. The molecule has 3 aromatic rings. The van der Waals surface area contributed by atoms with E-state index < -0.39 is 0 Å². The number of aromatic nitrogens is 3. The second-order valence-electron chi connectivity index (χ2n) is 6.60. The maximum absolute atomic E-state index is 13.3. The Balaban J connectivity index is 1.63. The van der Waals surface area contributed by atoms with Crippen molar-refractivity contribution in [2.24, 2.45) is 7.05 Å². The molecule has 7 nitrogen and oxygen atoms in total. The molecule has 0 spiro atoms. The first-order valence-electron chi connectivity index (χ1n) is 9.19. The van der Waals surface area contributed by atoms with E-state index in [-0.39, 0.29) is 5.91 Å². The van der Waals surface area contributed by atoms with Crippen LogP contribution in [0, 0.1) is 0 Å². The van der Waals surface area contributed by atoms with Gasteiger partial charge in [-0.25, -0.2) is 9.97 Å². The lowest BCUT2D eigenvalue weighted by atomic mass is 10.3. The van der Waals surface area contributed by atoms with E-state index in [4.69, 9.17) is 9.72 Å². The van der Waals surface area contributed by atoms with Crippen molar-refractivity contribution < 1.29 is 9.53 Å². The summed E-state index contributed by atoms with van der Waals surface area (Å²) < 4.78 is 8.27. The molecule has 3 heterocycles. The number of nitrogens with zero attached hydrogens (tertiary/aromatic N) is 5. The standard InChI is InChI=1S/C19H23N5O2S2/c1-22-6-5-20-17(22)18(25)24(8-7-23-9-11-26-12-10-23)19-21-15-4-3-14(27-2)13-16(15)28-19/h3-6,13H,7-12H2,1-2H3. The minimum atomic E-state index is -0.120. The van der Waals surface area contributed by atoms with Crippen molar-refractivity contribution >= 4 is 44.4 Å². The van der Waals surface area contributed by atoms with Gasteiger partial charge in [0.25, 0.3) is 5.91 Å². The van der Waals surface area contributed by atoms with Gasteiger partial charge in [-0.15, -0.1) is 11.8 Å². The largest absolute Gasteiger partial charge is 0.379 e. The number of aryl methyl sites for hydroxylation is 1. The molecule has 0 bridgehead atoms. The Bertz CT molecular complexity index is 964. The molecule has 2 aromatic heterocycles. The lowest BCUT2D eigenvalue weighted by Crippen LogP contribution is -2.43. The number of carbonyl (C=O) groups excluding carboxylic acids is 1. The molecule has 0 aliphatic carbocycles. The van der Waals surface area contributed by atoms with E-state index in [1.807, 2.05) is 13.1 Å². The molecule has 0 atom stereocenters. The minimum Gasteiger partial charge on any atom is -0.379 e. The summed E-state index contributed by atoms with van der Waals surface area (Å²) in [6, 6.07) is 6.22. The summed E-state index contributed by atoms with van der Waals surface area (Å²) in [5.74, 6) is 0.302. The smallest absolute Gasteiger partial charge is 0.296 e. The number of carbonyl (C=O) groups is 1. The fraction of sp³-hybridized carbons (Fsp3) is 0.421. The number of fused-ring (bicyclic) bond motifs is 1. The van der Waals surface area contributed by atoms with Crippen LogP contribution in [0.4, 0.5) is 5.13 Å². The van der Waals surface area contributed by atoms with Crippen LogP contribution in [0.3, 0.4) is 0 Å². The Hall–Kier alpha value is -1.94. The molecule has 1 aromatic carbocycles. The molecule has 1 aliphatic rings. The first-order valence-corrected chi connectivity index (χ1v) is 11.2. The average Bonchev–Trinajstić information content (AvgIpc) is 3.34. The highest BCUT2D eigenvalue weighted by molar-refractivity contribution is 7.98. The van der Waals surface area contributed by atoms with E-state index >= 15 is 0 Å². The summed E-state index contributed by atoms with van der Waals surface area (Å²) in [6.07, 6.45) is 5.50. The van der Waals surface area contributed by atoms with Gasteiger partial charge in [0.1, 0.15) is 0 Å². The molecule has 0 saturated carbocycles. The number of ether oxygens (including phenoxy) is 1. The maximum atomic E-state index is 13.3. The molecule has 1 amide bonds. The highest BCUT2D eigenvalue weighted by Gasteiger charge is 2.25. The first-order chi connectivity index (χ1) is 13.7. The van der Waals surface area contributed by atoms with Gasteiger partial charge >= 0.3 is 0 Å². The quantitative estimate of drug-likeness (QED) is 0.575. The summed E-state index contributed by atoms with van der Waals surface area (Å²) in [5.41, 5.74) is 0.918. The summed E-state index contributed by atoms with van der Waals surface area (Å²) in [7, 11) is 1.84. The van der Waals surface area contributed by atoms with Crippen LogP contribution < -0.4 is 4.90 Å². The molecule has 1 fully saturated rings. The van der Waals surface area contributed by atoms with Crippen molar-refractivity contribution in [2.75, 3.05) is 50.5 Å². The first kappa shape index (κ1) is 19.4. The van der Waals surface area contributed by atoms with E-state index in [1.165, 1.54) is 4.90 Å². The van der Waals surface area contributed by atoms with Crippen LogP contribution in [0.25, 0.3) is 10.2 Å². The minimum absolute atomic E-state index is 0.120. The van der Waals surface area contributed by atoms with E-state index in [0.29, 0.717) is 12.4 Å². The second kappa shape index (κ2) is 8.60. The zero-order chi connectivity index (χ0) is 19.5. The molecule has 0 radical (unpaired) electrons. The van der Waals surface area contributed by atoms with E-state index in [0.717, 1.165) is 48.2 Å². The van der Waals surface area contributed by atoms with Crippen LogP contribution in [0.5, 0.6) is 0 Å². The number of hydrogen-bond acceptors (Lipinski definition) is 7. The van der Waals surface area contributed by atoms with Gasteiger partial charge in [-0.05, 0) is 24.5 Å². The topological polar surface area (TPSA) is 63.5 Å². The summed E-state index contributed by atoms with van der Waals surface area (Å²) in [4.78, 5) is 27.5. The number of hydrogen-bond donors (Lipinski definition) is 0. The Kier molecular flexibility index (Phi) is 5.96. The van der Waals surface area contributed by atoms with Gasteiger partial charge in [0.15, 0.2) is 11.0 Å². The molecule has 28 heavy (non-hydrogen) atoms. The van der Waals surface area contributed by atoms with Gasteiger partial charge in [0, 0.05) is 50.5 Å². The van der Waals surface area contributed by atoms with Gasteiger partial charge in [-0.3, -0.25) is 14.6 Å². The average molecular weight is 418 g/mol. The van der Waals surface area contributed by atoms with E-state index in [9.17, 15) is 4.79 Å². The van der Waals surface area contributed by atoms with Crippen molar-refractivity contribution in [2.45, 2.75) is 4.90 Å². The molecule has 148 valence electrons. The zero-order valence-electron chi connectivity index (χ0n) is 16.0. The van der Waals surface area contributed by atoms with Gasteiger partial charge < -0.3 is 9.30 Å². The monoisotopic (exact) mass is 417 g/mol. The lowest BCUT2D eigenvalue weighted by Gasteiger charge is -2.29. The molecule has 4 rings (SSSR count). The summed E-state index contributed by atoms with van der Waals surface area (Å²) in [6.45, 7) is 4.62. The molecule has 0 unspecified atom stereocenters. The third-order valence-corrected chi connectivity index (χ3v) is 6.58. The van der Waals surface area contributed by atoms with Crippen molar-refractivity contribution in [1.29, 1.82) is 0 Å². The number of thiazole rings is 1. The van der Waals surface area contributed by atoms with E-state index in [2.05, 4.69) is 28.3 Å². The number of morpholine rings is 1. The molecule has 1 saturated heterocycles. The Labute approximate surface area is 172 Å². The molecule has 1 aliphatic heterocycles. The molecular weight excluding hydrogens is 394 g/mol. The Morgan fingerprint density at radius 2 is 2.18 bits per heavy atom. The van der Waals surface area contributed by atoms with Gasteiger partial charge in [-0.1, -0.05) is 11.3 Å². The third-order valence-electron chi connectivity index (χ3n) is 4.82. The van der Waals surface area contributed by atoms with Crippen LogP contribution in [0.1, 0.15) is 10.6 Å². The third kappa shape index (κ3) is 4.07. The SMILES string of the molecule is CSc1ccc2nc(N(CCN3CCOCC3)C(=O)c3nccn3C)sc2c1. The summed E-state index contributed by atoms with van der Waals surface area (Å²) >= 11 is 3.26. The highest BCUT2D eigenvalue weighted by atomic mass is 32.2. The Morgan fingerprint density at radius 3 is 2.89 bits per heavy atom. The number of anilines is 1. The number of benzene rings is 1. The van der Waals surface area contributed by atoms with Crippen molar-refractivity contribution in [3.05, 3.63) is 36.4 Å². The normalized spacial score (nSPS) is 15.2. The predicted octanol–water partition coefficient (Wildman–Crippen LogP) is 2.73. The van der Waals surface area contributed by atoms with Crippen molar-refractivity contribution in [3.8, 4) is 0 Å². The van der Waals surface area contributed by atoms with Crippen molar-refractivity contribution in [1.82, 2.24) is 19.4 Å². The predicted molar refractivity (Wildman–Crippen MR) is 114 cm³/mol. The fourth-order valence-corrected chi connectivity index (χ4v) is 4.72. The number of amides is 1. The van der Waals surface area contributed by atoms with Crippen LogP contribution in [-0.2, 0) is 11.8 Å². The van der Waals surface area contributed by atoms with Gasteiger partial charge in [-0.2, -0.15) is 0 Å². The number of rotatable bonds is 6.